The molecule has 0 radical (unpaired) electrons. The van der Waals surface area contributed by atoms with Crippen LogP contribution < -0.4 is 5.73 Å². The normalized spacial score (nSPS) is 24.8. The highest BCUT2D eigenvalue weighted by Crippen LogP contribution is 2.21. The highest BCUT2D eigenvalue weighted by molar-refractivity contribution is 5.04. The molecule has 0 bridgehead atoms. The Kier molecular flexibility index (Phi) is 5.33. The largest absolute Gasteiger partial charge is 0.394 e. The van der Waals surface area contributed by atoms with E-state index in [0.29, 0.717) is 25.2 Å². The number of hydrogen-bond acceptors (Lipinski definition) is 5. The number of aliphatic hydroxyl groups is 1. The van der Waals surface area contributed by atoms with Crippen LogP contribution >= 0.6 is 0 Å². The lowest BCUT2D eigenvalue weighted by molar-refractivity contribution is 0.0102. The van der Waals surface area contributed by atoms with E-state index in [1.807, 2.05) is 12.4 Å². The van der Waals surface area contributed by atoms with E-state index in [4.69, 9.17) is 15.6 Å². The summed E-state index contributed by atoms with van der Waals surface area (Å²) in [6.07, 6.45) is 6.25. The number of likely N-dealkylation sites (tertiary alicyclic amines) is 1. The number of piperidine rings is 1. The van der Waals surface area contributed by atoms with Crippen molar-refractivity contribution in [2.75, 3.05) is 26.8 Å². The average Bonchev–Trinajstić information content (AvgIpc) is 2.87. The first-order valence-electron chi connectivity index (χ1n) is 6.86. The van der Waals surface area contributed by atoms with Crippen molar-refractivity contribution in [1.29, 1.82) is 0 Å². The molecular formula is C13H24N4O2. The first-order valence-corrected chi connectivity index (χ1v) is 6.86. The number of ether oxygens (including phenoxy) is 1. The molecule has 3 N–H and O–H groups in total. The number of rotatable bonds is 6. The van der Waals surface area contributed by atoms with E-state index < -0.39 is 0 Å². The predicted octanol–water partition coefficient (Wildman–Crippen LogP) is -0.186. The summed E-state index contributed by atoms with van der Waals surface area (Å²) in [4.78, 5) is 2.40. The lowest BCUT2D eigenvalue weighted by Crippen LogP contribution is -2.47. The number of hydrogen-bond donors (Lipinski definition) is 2. The third-order valence-electron chi connectivity index (χ3n) is 3.80. The topological polar surface area (TPSA) is 76.5 Å². The lowest BCUT2D eigenvalue weighted by atomic mass is 9.99. The number of aromatic nitrogens is 2. The van der Waals surface area contributed by atoms with Crippen LogP contribution in [0.4, 0.5) is 0 Å². The van der Waals surface area contributed by atoms with Gasteiger partial charge in [0.2, 0.25) is 0 Å². The molecule has 1 saturated heterocycles. The zero-order valence-electron chi connectivity index (χ0n) is 11.5. The molecule has 1 aliphatic rings. The van der Waals surface area contributed by atoms with Crippen molar-refractivity contribution in [2.24, 2.45) is 5.73 Å². The molecule has 2 heterocycles. The molecule has 0 amide bonds. The second-order valence-corrected chi connectivity index (χ2v) is 5.08. The van der Waals surface area contributed by atoms with Gasteiger partial charge in [0.05, 0.1) is 25.5 Å². The second-order valence-electron chi connectivity index (χ2n) is 5.08. The van der Waals surface area contributed by atoms with Gasteiger partial charge in [-0.05, 0) is 12.8 Å². The maximum atomic E-state index is 8.89. The number of nitrogens with two attached hydrogens (primary N) is 1. The minimum Gasteiger partial charge on any atom is -0.394 e. The van der Waals surface area contributed by atoms with Crippen LogP contribution in [0.25, 0.3) is 0 Å². The fourth-order valence-electron chi connectivity index (χ4n) is 2.68. The Morgan fingerprint density at radius 1 is 1.58 bits per heavy atom. The molecule has 2 atom stereocenters. The van der Waals surface area contributed by atoms with Crippen molar-refractivity contribution in [1.82, 2.24) is 14.7 Å². The minimum absolute atomic E-state index is 0.117. The standard InChI is InChI=1S/C13H24N4O2/c1-19-13-2-3-16(12(6-13)7-14)9-11-8-15-17(10-11)4-5-18/h8,10,12-13,18H,2-7,9,14H2,1H3. The van der Waals surface area contributed by atoms with Crippen LogP contribution in [0.5, 0.6) is 0 Å². The van der Waals surface area contributed by atoms with Crippen LogP contribution in [0.15, 0.2) is 12.4 Å². The van der Waals surface area contributed by atoms with Gasteiger partial charge in [0.15, 0.2) is 0 Å². The van der Waals surface area contributed by atoms with Crippen molar-refractivity contribution in [3.05, 3.63) is 18.0 Å². The fourth-order valence-corrected chi connectivity index (χ4v) is 2.68. The van der Waals surface area contributed by atoms with Gasteiger partial charge in [0.25, 0.3) is 0 Å². The molecule has 1 aromatic heterocycles. The molecule has 1 aliphatic heterocycles. The van der Waals surface area contributed by atoms with Crippen molar-refractivity contribution >= 4 is 0 Å². The number of aliphatic hydroxyl groups excluding tert-OH is 1. The van der Waals surface area contributed by atoms with E-state index >= 15 is 0 Å². The Morgan fingerprint density at radius 3 is 3.11 bits per heavy atom. The molecule has 19 heavy (non-hydrogen) atoms. The van der Waals surface area contributed by atoms with Crippen LogP contribution in [-0.2, 0) is 17.8 Å². The molecular weight excluding hydrogens is 244 g/mol. The smallest absolute Gasteiger partial charge is 0.0640 e. The highest BCUT2D eigenvalue weighted by atomic mass is 16.5. The van der Waals surface area contributed by atoms with Gasteiger partial charge in [-0.25, -0.2) is 0 Å². The fraction of sp³-hybridized carbons (Fsp3) is 0.769. The van der Waals surface area contributed by atoms with Gasteiger partial charge in [0, 0.05) is 44.5 Å². The Morgan fingerprint density at radius 2 is 2.42 bits per heavy atom. The second kappa shape index (κ2) is 7.00. The summed E-state index contributed by atoms with van der Waals surface area (Å²) in [6.45, 7) is 3.19. The van der Waals surface area contributed by atoms with Gasteiger partial charge < -0.3 is 15.6 Å². The summed E-state index contributed by atoms with van der Waals surface area (Å²) >= 11 is 0. The third-order valence-corrected chi connectivity index (χ3v) is 3.80. The van der Waals surface area contributed by atoms with Crippen molar-refractivity contribution in [3.8, 4) is 0 Å². The Balaban J connectivity index is 1.93. The quantitative estimate of drug-likeness (QED) is 0.748. The SMILES string of the molecule is COC1CCN(Cc2cnn(CCO)c2)C(CN)C1. The zero-order chi connectivity index (χ0) is 13.7. The van der Waals surface area contributed by atoms with E-state index in [0.717, 1.165) is 25.9 Å². The zero-order valence-corrected chi connectivity index (χ0v) is 11.5. The van der Waals surface area contributed by atoms with E-state index in [1.54, 1.807) is 11.8 Å². The van der Waals surface area contributed by atoms with Crippen molar-refractivity contribution in [2.45, 2.75) is 38.1 Å². The van der Waals surface area contributed by atoms with Gasteiger partial charge >= 0.3 is 0 Å². The van der Waals surface area contributed by atoms with Gasteiger partial charge in [-0.3, -0.25) is 9.58 Å². The molecule has 0 aliphatic carbocycles. The molecule has 2 unspecified atom stereocenters. The van der Waals surface area contributed by atoms with Crippen molar-refractivity contribution in [3.63, 3.8) is 0 Å². The third kappa shape index (κ3) is 3.76. The molecule has 0 spiro atoms. The monoisotopic (exact) mass is 268 g/mol. The predicted molar refractivity (Wildman–Crippen MR) is 72.6 cm³/mol. The number of methoxy groups -OCH3 is 1. The van der Waals surface area contributed by atoms with E-state index in [9.17, 15) is 0 Å². The highest BCUT2D eigenvalue weighted by Gasteiger charge is 2.27. The summed E-state index contributed by atoms with van der Waals surface area (Å²) in [5, 5.41) is 13.1. The maximum Gasteiger partial charge on any atom is 0.0640 e. The summed E-state index contributed by atoms with van der Waals surface area (Å²) < 4.78 is 7.20. The molecule has 6 heteroatoms. The first-order chi connectivity index (χ1) is 9.26. The number of nitrogens with zero attached hydrogens (tertiary/aromatic N) is 3. The summed E-state index contributed by atoms with van der Waals surface area (Å²) in [5.41, 5.74) is 7.04. The van der Waals surface area contributed by atoms with E-state index in [1.165, 1.54) is 5.56 Å². The first kappa shape index (κ1) is 14.5. The van der Waals surface area contributed by atoms with Crippen LogP contribution in [0.1, 0.15) is 18.4 Å². The summed E-state index contributed by atoms with van der Waals surface area (Å²) in [5.74, 6) is 0. The van der Waals surface area contributed by atoms with Gasteiger partial charge in [0.1, 0.15) is 0 Å². The molecule has 0 aromatic carbocycles. The lowest BCUT2D eigenvalue weighted by Gasteiger charge is -2.38. The maximum absolute atomic E-state index is 8.89. The van der Waals surface area contributed by atoms with E-state index in [2.05, 4.69) is 10.00 Å². The average molecular weight is 268 g/mol. The van der Waals surface area contributed by atoms with Crippen LogP contribution in [0.3, 0.4) is 0 Å². The summed E-state index contributed by atoms with van der Waals surface area (Å²) in [6, 6.07) is 0.375. The summed E-state index contributed by atoms with van der Waals surface area (Å²) in [7, 11) is 1.77. The van der Waals surface area contributed by atoms with Crippen LogP contribution in [-0.4, -0.2) is 58.7 Å². The van der Waals surface area contributed by atoms with Crippen molar-refractivity contribution < 1.29 is 9.84 Å². The molecule has 108 valence electrons. The van der Waals surface area contributed by atoms with E-state index in [-0.39, 0.29) is 6.61 Å². The minimum atomic E-state index is 0.117. The Hall–Kier alpha value is -0.950. The molecule has 1 aromatic rings. The van der Waals surface area contributed by atoms with Crippen LogP contribution in [0, 0.1) is 0 Å². The van der Waals surface area contributed by atoms with Gasteiger partial charge in [-0.15, -0.1) is 0 Å². The van der Waals surface area contributed by atoms with Gasteiger partial charge in [-0.1, -0.05) is 0 Å². The van der Waals surface area contributed by atoms with Crippen LogP contribution in [0.2, 0.25) is 0 Å². The van der Waals surface area contributed by atoms with Gasteiger partial charge in [-0.2, -0.15) is 5.10 Å². The Bertz CT molecular complexity index is 382. The molecule has 2 rings (SSSR count). The molecule has 6 nitrogen and oxygen atoms in total. The Labute approximate surface area is 114 Å². The molecule has 1 fully saturated rings. The molecule has 0 saturated carbocycles.